The number of hydrazine groups is 1. The number of fused-ring (bicyclic) bond motifs is 3. The van der Waals surface area contributed by atoms with Gasteiger partial charge in [0.1, 0.15) is 11.4 Å². The first-order valence-electron chi connectivity index (χ1n) is 9.98. The molecule has 7 nitrogen and oxygen atoms in total. The molecule has 0 spiro atoms. The number of amidine groups is 1. The van der Waals surface area contributed by atoms with Crippen molar-refractivity contribution in [2.24, 2.45) is 4.99 Å². The Morgan fingerprint density at radius 3 is 2.62 bits per heavy atom. The predicted octanol–water partition coefficient (Wildman–Crippen LogP) is 1.78. The van der Waals surface area contributed by atoms with Crippen LogP contribution in [-0.4, -0.2) is 39.2 Å². The van der Waals surface area contributed by atoms with Gasteiger partial charge < -0.3 is 9.64 Å². The maximum absolute atomic E-state index is 5.66. The van der Waals surface area contributed by atoms with Gasteiger partial charge in [-0.3, -0.25) is 4.84 Å². The van der Waals surface area contributed by atoms with Crippen LogP contribution >= 0.6 is 0 Å². The van der Waals surface area contributed by atoms with Crippen LogP contribution in [0.2, 0.25) is 0 Å². The Morgan fingerprint density at radius 2 is 1.86 bits per heavy atom. The van der Waals surface area contributed by atoms with Crippen LogP contribution in [0.1, 0.15) is 23.6 Å². The molecular formula is C22H26N5O2+. The SMILES string of the molecule is CON1N[NH+]2C(C)=NC(c3ccccc3C)=C2c2ccc(N3CCOCC3)cc21. The van der Waals surface area contributed by atoms with Gasteiger partial charge in [-0.05, 0) is 36.2 Å². The van der Waals surface area contributed by atoms with E-state index >= 15 is 0 Å². The molecule has 3 aliphatic rings. The van der Waals surface area contributed by atoms with Gasteiger partial charge in [0.15, 0.2) is 5.70 Å². The standard InChI is InChI=1S/C22H25N5O2/c1-15-6-4-5-7-18(15)21-22-19-9-8-17(25-10-12-29-13-11-25)14-20(19)27(28-3)24-26(22)16(2)23-21/h4-9,14,24H,10-13H2,1-3H3/p+1. The zero-order valence-electron chi connectivity index (χ0n) is 17.0. The van der Waals surface area contributed by atoms with Crippen molar-refractivity contribution in [1.29, 1.82) is 0 Å². The molecule has 5 rings (SSSR count). The van der Waals surface area contributed by atoms with Crippen molar-refractivity contribution >= 4 is 28.6 Å². The number of benzene rings is 2. The fourth-order valence-corrected chi connectivity index (χ4v) is 4.23. The number of quaternary nitrogens is 1. The van der Waals surface area contributed by atoms with Gasteiger partial charge >= 0.3 is 0 Å². The monoisotopic (exact) mass is 392 g/mol. The molecule has 1 unspecified atom stereocenters. The zero-order valence-corrected chi connectivity index (χ0v) is 17.0. The first kappa shape index (κ1) is 18.3. The number of aliphatic imine (C=N–C) groups is 1. The summed E-state index contributed by atoms with van der Waals surface area (Å²) in [5.41, 5.74) is 11.2. The average Bonchev–Trinajstić information content (AvgIpc) is 3.10. The Bertz CT molecular complexity index is 1010. The molecule has 0 amide bonds. The molecule has 3 aliphatic heterocycles. The van der Waals surface area contributed by atoms with E-state index < -0.39 is 0 Å². The smallest absolute Gasteiger partial charge is 0.225 e. The van der Waals surface area contributed by atoms with Crippen LogP contribution in [0, 0.1) is 6.92 Å². The number of rotatable bonds is 3. The highest BCUT2D eigenvalue weighted by Gasteiger charge is 2.41. The van der Waals surface area contributed by atoms with Gasteiger partial charge in [0.25, 0.3) is 0 Å². The van der Waals surface area contributed by atoms with Crippen LogP contribution in [0.4, 0.5) is 11.4 Å². The highest BCUT2D eigenvalue weighted by molar-refractivity contribution is 6.01. The van der Waals surface area contributed by atoms with Crippen molar-refractivity contribution in [1.82, 2.24) is 5.53 Å². The molecule has 7 heteroatoms. The van der Waals surface area contributed by atoms with E-state index in [0.717, 1.165) is 65.4 Å². The van der Waals surface area contributed by atoms with Crippen LogP contribution in [0.15, 0.2) is 47.5 Å². The fourth-order valence-electron chi connectivity index (χ4n) is 4.23. The van der Waals surface area contributed by atoms with Crippen LogP contribution in [0.5, 0.6) is 0 Å². The van der Waals surface area contributed by atoms with E-state index in [1.807, 2.05) is 6.92 Å². The number of morpholine rings is 1. The second-order valence-corrected chi connectivity index (χ2v) is 7.50. The van der Waals surface area contributed by atoms with Crippen molar-refractivity contribution in [3.8, 4) is 0 Å². The van der Waals surface area contributed by atoms with Crippen LogP contribution < -0.4 is 20.6 Å². The maximum atomic E-state index is 5.66. The van der Waals surface area contributed by atoms with Crippen molar-refractivity contribution in [2.75, 3.05) is 43.5 Å². The first-order valence-corrected chi connectivity index (χ1v) is 9.98. The molecule has 0 aliphatic carbocycles. The number of hydrogen-bond donors (Lipinski definition) is 2. The number of hydrogen-bond acceptors (Lipinski definition) is 6. The summed E-state index contributed by atoms with van der Waals surface area (Å²) in [6, 6.07) is 15.0. The van der Waals surface area contributed by atoms with E-state index in [-0.39, 0.29) is 0 Å². The molecule has 2 N–H and O–H groups in total. The summed E-state index contributed by atoms with van der Waals surface area (Å²) in [4.78, 5) is 12.9. The molecule has 2 aromatic carbocycles. The number of nitrogens with one attached hydrogen (secondary N) is 2. The minimum atomic E-state index is 0.761. The summed E-state index contributed by atoms with van der Waals surface area (Å²) in [6.07, 6.45) is 0. The Kier molecular flexibility index (Phi) is 4.60. The Morgan fingerprint density at radius 1 is 1.07 bits per heavy atom. The van der Waals surface area contributed by atoms with Gasteiger partial charge in [0.05, 0.1) is 25.9 Å². The van der Waals surface area contributed by atoms with E-state index in [0.29, 0.717) is 0 Å². The number of ether oxygens (including phenoxy) is 1. The Balaban J connectivity index is 1.65. The summed E-state index contributed by atoms with van der Waals surface area (Å²) in [6.45, 7) is 7.49. The van der Waals surface area contributed by atoms with Gasteiger partial charge in [-0.1, -0.05) is 24.3 Å². The minimum Gasteiger partial charge on any atom is -0.378 e. The summed E-state index contributed by atoms with van der Waals surface area (Å²) in [5, 5.41) is 2.73. The molecular weight excluding hydrogens is 366 g/mol. The molecule has 1 saturated heterocycles. The lowest BCUT2D eigenvalue weighted by atomic mass is 10.00. The van der Waals surface area contributed by atoms with Crippen molar-refractivity contribution in [3.05, 3.63) is 59.2 Å². The lowest BCUT2D eigenvalue weighted by molar-refractivity contribution is -0.784. The third-order valence-corrected chi connectivity index (χ3v) is 5.77. The molecule has 0 aromatic heterocycles. The molecule has 0 bridgehead atoms. The predicted molar refractivity (Wildman–Crippen MR) is 114 cm³/mol. The summed E-state index contributed by atoms with van der Waals surface area (Å²) in [7, 11) is 1.68. The Hall–Kier alpha value is -2.71. The molecule has 0 radical (unpaired) electrons. The Labute approximate surface area is 170 Å². The number of aryl methyl sites for hydroxylation is 1. The van der Waals surface area contributed by atoms with E-state index in [1.165, 1.54) is 11.3 Å². The van der Waals surface area contributed by atoms with E-state index in [9.17, 15) is 0 Å². The fraction of sp³-hybridized carbons (Fsp3) is 0.318. The van der Waals surface area contributed by atoms with Crippen molar-refractivity contribution in [3.63, 3.8) is 0 Å². The van der Waals surface area contributed by atoms with Crippen molar-refractivity contribution in [2.45, 2.75) is 13.8 Å². The zero-order chi connectivity index (χ0) is 20.0. The van der Waals surface area contributed by atoms with Crippen LogP contribution in [-0.2, 0) is 9.57 Å². The van der Waals surface area contributed by atoms with Crippen molar-refractivity contribution < 1.29 is 14.6 Å². The number of nitrogens with zero attached hydrogens (tertiary/aromatic N) is 3. The van der Waals surface area contributed by atoms with Gasteiger partial charge in [-0.15, -0.1) is 5.17 Å². The van der Waals surface area contributed by atoms with Gasteiger partial charge in [-0.25, -0.2) is 0 Å². The van der Waals surface area contributed by atoms with E-state index in [2.05, 4.69) is 59.8 Å². The highest BCUT2D eigenvalue weighted by Crippen LogP contribution is 2.37. The van der Waals surface area contributed by atoms with Gasteiger partial charge in [-0.2, -0.15) is 10.0 Å². The molecule has 2 aromatic rings. The largest absolute Gasteiger partial charge is 0.378 e. The summed E-state index contributed by atoms with van der Waals surface area (Å²) in [5.74, 6) is 0.961. The lowest BCUT2D eigenvalue weighted by Crippen LogP contribution is -3.19. The first-order chi connectivity index (χ1) is 14.2. The molecule has 3 heterocycles. The third kappa shape index (κ3) is 3.03. The lowest BCUT2D eigenvalue weighted by Gasteiger charge is -2.34. The minimum absolute atomic E-state index is 0.761. The van der Waals surface area contributed by atoms with Gasteiger partial charge in [0.2, 0.25) is 5.84 Å². The van der Waals surface area contributed by atoms with Crippen LogP contribution in [0.25, 0.3) is 11.4 Å². The second kappa shape index (κ2) is 7.27. The molecule has 29 heavy (non-hydrogen) atoms. The second-order valence-electron chi connectivity index (χ2n) is 7.50. The molecule has 1 fully saturated rings. The molecule has 150 valence electrons. The van der Waals surface area contributed by atoms with E-state index in [4.69, 9.17) is 14.6 Å². The third-order valence-electron chi connectivity index (χ3n) is 5.77. The molecule has 1 atom stereocenters. The molecule has 0 saturated carbocycles. The average molecular weight is 392 g/mol. The number of anilines is 2. The highest BCUT2D eigenvalue weighted by atomic mass is 16.7. The summed E-state index contributed by atoms with van der Waals surface area (Å²) >= 11 is 0. The normalized spacial score (nSPS) is 21.2. The summed E-state index contributed by atoms with van der Waals surface area (Å²) < 4.78 is 5.50. The van der Waals surface area contributed by atoms with E-state index in [1.54, 1.807) is 12.3 Å². The quantitative estimate of drug-likeness (QED) is 0.834. The topological polar surface area (TPSA) is 53.8 Å². The van der Waals surface area contributed by atoms with Crippen LogP contribution in [0.3, 0.4) is 0 Å². The maximum Gasteiger partial charge on any atom is 0.225 e. The van der Waals surface area contributed by atoms with Gasteiger partial charge in [0, 0.05) is 31.3 Å².